The molecule has 12 nitrogen and oxygen atoms in total. The van der Waals surface area contributed by atoms with Crippen LogP contribution in [-0.2, 0) is 0 Å². The Hall–Kier alpha value is -4.78. The first-order valence-corrected chi connectivity index (χ1v) is 5.88. The van der Waals surface area contributed by atoms with E-state index in [0.717, 1.165) is 0 Å². The molecule has 2 aliphatic heterocycles. The summed E-state index contributed by atoms with van der Waals surface area (Å²) in [6, 6.07) is 9.56. The van der Waals surface area contributed by atoms with Crippen LogP contribution in [0.3, 0.4) is 0 Å². The van der Waals surface area contributed by atoms with Crippen LogP contribution in [0.25, 0.3) is 0 Å². The molecule has 0 spiro atoms. The van der Waals surface area contributed by atoms with Crippen molar-refractivity contribution in [2.45, 2.75) is 11.3 Å². The van der Waals surface area contributed by atoms with E-state index < -0.39 is 34.7 Å². The molecule has 0 aromatic rings. The van der Waals surface area contributed by atoms with Crippen LogP contribution in [0.2, 0.25) is 0 Å². The molecule has 0 fully saturated rings. The SMILES string of the molecule is N#CC1=NC(C#N)(C2(C#N)N=C(C#N)NC(C#N)=N2)N=C(C#N)N1. The Kier molecular flexibility index (Phi) is 3.60. The smallest absolute Gasteiger partial charge is 0.302 e. The molecule has 12 heteroatoms. The highest BCUT2D eigenvalue weighted by Gasteiger charge is 2.58. The summed E-state index contributed by atoms with van der Waals surface area (Å²) in [5.74, 6) is -1.89. The van der Waals surface area contributed by atoms with E-state index in [9.17, 15) is 10.5 Å². The van der Waals surface area contributed by atoms with Gasteiger partial charge >= 0.3 is 11.3 Å². The number of rotatable bonds is 1. The van der Waals surface area contributed by atoms with Gasteiger partial charge in [0.15, 0.2) is 0 Å². The second-order valence-electron chi connectivity index (χ2n) is 4.11. The highest BCUT2D eigenvalue weighted by molar-refractivity contribution is 6.16. The molecule has 24 heavy (non-hydrogen) atoms. The van der Waals surface area contributed by atoms with Gasteiger partial charge in [-0.3, -0.25) is 0 Å². The molecule has 110 valence electrons. The standard InChI is InChI=1S/C12H2N12/c13-1-7-19-8(2-14)22-11(5-17,21-7)12(6-18)23-9(3-15)20-10(4-16)24-12/h(H,19,21,22)(H,20,23,24). The van der Waals surface area contributed by atoms with E-state index in [1.54, 1.807) is 36.4 Å². The van der Waals surface area contributed by atoms with Crippen molar-refractivity contribution < 1.29 is 0 Å². The summed E-state index contributed by atoms with van der Waals surface area (Å²) in [6.45, 7) is 0. The Morgan fingerprint density at radius 1 is 0.542 bits per heavy atom. The first-order chi connectivity index (χ1) is 11.5. The Morgan fingerprint density at radius 3 is 0.958 bits per heavy atom. The van der Waals surface area contributed by atoms with Gasteiger partial charge in [0.25, 0.3) is 0 Å². The van der Waals surface area contributed by atoms with Crippen molar-refractivity contribution in [3.8, 4) is 36.4 Å². The van der Waals surface area contributed by atoms with Crippen LogP contribution in [0.4, 0.5) is 0 Å². The van der Waals surface area contributed by atoms with Gasteiger partial charge in [0.1, 0.15) is 36.4 Å². The fraction of sp³-hybridized carbons (Fsp3) is 0.167. The third-order valence-electron chi connectivity index (χ3n) is 2.79. The third-order valence-corrected chi connectivity index (χ3v) is 2.79. The molecule has 0 radical (unpaired) electrons. The predicted molar refractivity (Wildman–Crippen MR) is 75.2 cm³/mol. The maximum atomic E-state index is 9.55. The number of hydrogen-bond donors (Lipinski definition) is 2. The lowest BCUT2D eigenvalue weighted by atomic mass is 9.95. The summed E-state index contributed by atoms with van der Waals surface area (Å²) >= 11 is 0. The average Bonchev–Trinajstić information content (AvgIpc) is 2.66. The lowest BCUT2D eigenvalue weighted by molar-refractivity contribution is 0.374. The molecule has 2 rings (SSSR count). The Balaban J connectivity index is 2.86. The Bertz CT molecular complexity index is 840. The molecule has 0 aromatic heterocycles. The van der Waals surface area contributed by atoms with Gasteiger partial charge in [-0.1, -0.05) is 0 Å². The molecule has 0 amide bonds. The minimum Gasteiger partial charge on any atom is -0.307 e. The summed E-state index contributed by atoms with van der Waals surface area (Å²) in [5.41, 5.74) is -4.93. The summed E-state index contributed by atoms with van der Waals surface area (Å²) < 4.78 is 0. The lowest BCUT2D eigenvalue weighted by Crippen LogP contribution is -2.56. The molecular weight excluding hydrogens is 312 g/mol. The monoisotopic (exact) mass is 314 g/mol. The van der Waals surface area contributed by atoms with Crippen LogP contribution in [0.15, 0.2) is 20.0 Å². The number of amidine groups is 4. The van der Waals surface area contributed by atoms with Gasteiger partial charge in [-0.15, -0.1) is 0 Å². The number of nitriles is 6. The molecule has 2 heterocycles. The highest BCUT2D eigenvalue weighted by Crippen LogP contribution is 2.35. The van der Waals surface area contributed by atoms with Gasteiger partial charge < -0.3 is 10.6 Å². The largest absolute Gasteiger partial charge is 0.307 e. The van der Waals surface area contributed by atoms with Crippen molar-refractivity contribution in [3.05, 3.63) is 0 Å². The van der Waals surface area contributed by atoms with Crippen molar-refractivity contribution in [1.82, 2.24) is 10.6 Å². The molecule has 2 N–H and O–H groups in total. The van der Waals surface area contributed by atoms with E-state index in [1.807, 2.05) is 0 Å². The zero-order chi connectivity index (χ0) is 17.8. The van der Waals surface area contributed by atoms with E-state index in [1.165, 1.54) is 0 Å². The van der Waals surface area contributed by atoms with Crippen LogP contribution < -0.4 is 10.6 Å². The molecule has 0 atom stereocenters. The molecule has 0 aliphatic carbocycles. The van der Waals surface area contributed by atoms with Gasteiger partial charge in [0.2, 0.25) is 23.3 Å². The maximum absolute atomic E-state index is 9.55. The number of nitrogens with one attached hydrogen (secondary N) is 2. The Morgan fingerprint density at radius 2 is 0.792 bits per heavy atom. The van der Waals surface area contributed by atoms with Crippen molar-refractivity contribution in [1.29, 1.82) is 31.6 Å². The zero-order valence-electron chi connectivity index (χ0n) is 11.5. The van der Waals surface area contributed by atoms with E-state index >= 15 is 0 Å². The van der Waals surface area contributed by atoms with Crippen molar-refractivity contribution in [3.63, 3.8) is 0 Å². The van der Waals surface area contributed by atoms with Crippen molar-refractivity contribution in [2.24, 2.45) is 20.0 Å². The van der Waals surface area contributed by atoms with Gasteiger partial charge in [-0.25, -0.2) is 20.0 Å². The number of nitrogens with zero attached hydrogens (tertiary/aromatic N) is 10. The molecule has 0 bridgehead atoms. The summed E-state index contributed by atoms with van der Waals surface area (Å²) in [6.07, 6.45) is 0. The molecule has 0 saturated carbocycles. The number of hydrogen-bond acceptors (Lipinski definition) is 12. The summed E-state index contributed by atoms with van der Waals surface area (Å²) in [5, 5.41) is 59.6. The van der Waals surface area contributed by atoms with Gasteiger partial charge in [-0.2, -0.15) is 31.6 Å². The molecule has 0 aromatic carbocycles. The van der Waals surface area contributed by atoms with Crippen LogP contribution in [0, 0.1) is 68.0 Å². The van der Waals surface area contributed by atoms with Crippen LogP contribution in [-0.4, -0.2) is 34.7 Å². The van der Waals surface area contributed by atoms with Crippen molar-refractivity contribution >= 4 is 23.3 Å². The van der Waals surface area contributed by atoms with E-state index in [4.69, 9.17) is 21.0 Å². The average molecular weight is 314 g/mol. The first kappa shape index (κ1) is 15.6. The molecule has 0 unspecified atom stereocenters. The number of aliphatic imine (C=N–C) groups is 4. The van der Waals surface area contributed by atoms with Crippen LogP contribution >= 0.6 is 0 Å². The first-order valence-electron chi connectivity index (χ1n) is 5.88. The second-order valence-corrected chi connectivity index (χ2v) is 4.11. The topological polar surface area (TPSA) is 216 Å². The minimum absolute atomic E-state index is 0.473. The lowest BCUT2D eigenvalue weighted by Gasteiger charge is -2.33. The van der Waals surface area contributed by atoms with Gasteiger partial charge in [-0.05, 0) is 0 Å². The summed E-state index contributed by atoms with van der Waals surface area (Å²) in [7, 11) is 0. The Labute approximate surface area is 134 Å². The third kappa shape index (κ3) is 2.12. The zero-order valence-corrected chi connectivity index (χ0v) is 11.5. The molecule has 2 aliphatic rings. The fourth-order valence-corrected chi connectivity index (χ4v) is 1.81. The van der Waals surface area contributed by atoms with Crippen molar-refractivity contribution in [2.75, 3.05) is 0 Å². The fourth-order valence-electron chi connectivity index (χ4n) is 1.81. The van der Waals surface area contributed by atoms with Gasteiger partial charge in [0.05, 0.1) is 0 Å². The second kappa shape index (κ2) is 5.54. The molecule has 0 saturated heterocycles. The van der Waals surface area contributed by atoms with E-state index in [0.29, 0.717) is 0 Å². The summed E-state index contributed by atoms with van der Waals surface area (Å²) in [4.78, 5) is 14.9. The minimum atomic E-state index is -2.46. The van der Waals surface area contributed by atoms with E-state index in [-0.39, 0.29) is 0 Å². The van der Waals surface area contributed by atoms with Crippen LogP contribution in [0.1, 0.15) is 0 Å². The highest BCUT2D eigenvalue weighted by atomic mass is 15.4. The van der Waals surface area contributed by atoms with Crippen LogP contribution in [0.5, 0.6) is 0 Å². The van der Waals surface area contributed by atoms with E-state index in [2.05, 4.69) is 30.6 Å². The van der Waals surface area contributed by atoms with Gasteiger partial charge in [0, 0.05) is 0 Å². The predicted octanol–water partition coefficient (Wildman–Crippen LogP) is -1.68. The quantitative estimate of drug-likeness (QED) is 0.567. The maximum Gasteiger partial charge on any atom is 0.302 e. The molecular formula is C12H2N12. The normalized spacial score (nSPS) is 19.2.